The Bertz CT molecular complexity index is 685. The molecule has 114 valence electrons. The largest absolute Gasteiger partial charge is 0.486 e. The van der Waals surface area contributed by atoms with Crippen LogP contribution in [0.15, 0.2) is 42.5 Å². The minimum atomic E-state index is -0.109. The molecule has 5 heteroatoms. The summed E-state index contributed by atoms with van der Waals surface area (Å²) in [6, 6.07) is 13.1. The molecule has 0 aromatic heterocycles. The van der Waals surface area contributed by atoms with E-state index in [1.807, 2.05) is 49.4 Å². The zero-order chi connectivity index (χ0) is 15.5. The number of carbonyl (C=O) groups is 1. The van der Waals surface area contributed by atoms with Crippen LogP contribution in [-0.2, 0) is 0 Å². The van der Waals surface area contributed by atoms with Crippen molar-refractivity contribution in [3.8, 4) is 11.5 Å². The minimum absolute atomic E-state index is 0.0845. The summed E-state index contributed by atoms with van der Waals surface area (Å²) in [7, 11) is 0. The monoisotopic (exact) mass is 409 g/mol. The van der Waals surface area contributed by atoms with Crippen LogP contribution in [0.4, 0.5) is 0 Å². The summed E-state index contributed by atoms with van der Waals surface area (Å²) in [5.41, 5.74) is 1.65. The Morgan fingerprint density at radius 2 is 1.77 bits per heavy atom. The van der Waals surface area contributed by atoms with Crippen molar-refractivity contribution in [2.45, 2.75) is 13.0 Å². The van der Waals surface area contributed by atoms with Crippen molar-refractivity contribution >= 4 is 28.5 Å². The average molecular weight is 409 g/mol. The van der Waals surface area contributed by atoms with Gasteiger partial charge in [0, 0.05) is 9.13 Å². The second-order valence-corrected chi connectivity index (χ2v) is 6.35. The van der Waals surface area contributed by atoms with Gasteiger partial charge in [0.05, 0.1) is 6.04 Å². The van der Waals surface area contributed by atoms with Gasteiger partial charge in [-0.25, -0.2) is 0 Å². The molecule has 2 aromatic rings. The third-order valence-corrected chi connectivity index (χ3v) is 4.24. The third kappa shape index (κ3) is 3.35. The molecule has 4 nitrogen and oxygen atoms in total. The highest BCUT2D eigenvalue weighted by molar-refractivity contribution is 14.1. The molecule has 3 rings (SSSR count). The molecule has 0 aliphatic carbocycles. The average Bonchev–Trinajstić information content (AvgIpc) is 2.55. The molecule has 1 aliphatic heterocycles. The van der Waals surface area contributed by atoms with E-state index in [1.54, 1.807) is 0 Å². The van der Waals surface area contributed by atoms with Crippen LogP contribution >= 0.6 is 22.6 Å². The van der Waals surface area contributed by atoms with E-state index >= 15 is 0 Å². The number of halogens is 1. The number of carbonyl (C=O) groups excluding carboxylic acids is 1. The Balaban J connectivity index is 1.72. The van der Waals surface area contributed by atoms with E-state index in [2.05, 4.69) is 27.9 Å². The molecule has 0 unspecified atom stereocenters. The van der Waals surface area contributed by atoms with Gasteiger partial charge in [-0.15, -0.1) is 0 Å². The maximum atomic E-state index is 12.3. The van der Waals surface area contributed by atoms with E-state index in [1.165, 1.54) is 0 Å². The predicted molar refractivity (Wildman–Crippen MR) is 92.5 cm³/mol. The molecule has 0 saturated carbocycles. The molecular weight excluding hydrogens is 393 g/mol. The van der Waals surface area contributed by atoms with Gasteiger partial charge < -0.3 is 14.8 Å². The molecule has 22 heavy (non-hydrogen) atoms. The topological polar surface area (TPSA) is 47.6 Å². The van der Waals surface area contributed by atoms with E-state index in [4.69, 9.17) is 9.47 Å². The highest BCUT2D eigenvalue weighted by Crippen LogP contribution is 2.32. The van der Waals surface area contributed by atoms with Gasteiger partial charge in [0.25, 0.3) is 5.91 Å². The van der Waals surface area contributed by atoms with E-state index in [-0.39, 0.29) is 11.9 Å². The summed E-state index contributed by atoms with van der Waals surface area (Å²) in [5, 5.41) is 3.00. The summed E-state index contributed by atoms with van der Waals surface area (Å²) in [6.45, 7) is 3.08. The van der Waals surface area contributed by atoms with Crippen LogP contribution in [0.25, 0.3) is 0 Å². The Morgan fingerprint density at radius 1 is 1.09 bits per heavy atom. The number of fused-ring (bicyclic) bond motifs is 1. The molecule has 0 saturated heterocycles. The fraction of sp³-hybridized carbons (Fsp3) is 0.235. The smallest absolute Gasteiger partial charge is 0.251 e. The SMILES string of the molecule is C[C@H](NC(=O)c1ccc(I)cc1)c1ccc2c(c1)OCCO2. The molecule has 1 atom stereocenters. The first-order valence-electron chi connectivity index (χ1n) is 7.09. The highest BCUT2D eigenvalue weighted by atomic mass is 127. The number of ether oxygens (including phenoxy) is 2. The van der Waals surface area contributed by atoms with Crippen LogP contribution in [-0.4, -0.2) is 19.1 Å². The lowest BCUT2D eigenvalue weighted by molar-refractivity contribution is 0.0939. The van der Waals surface area contributed by atoms with E-state index in [0.29, 0.717) is 18.8 Å². The maximum absolute atomic E-state index is 12.3. The number of hydrogen-bond donors (Lipinski definition) is 1. The normalized spacial score (nSPS) is 14.3. The van der Waals surface area contributed by atoms with Gasteiger partial charge >= 0.3 is 0 Å². The van der Waals surface area contributed by atoms with E-state index in [9.17, 15) is 4.79 Å². The van der Waals surface area contributed by atoms with Crippen molar-refractivity contribution in [2.75, 3.05) is 13.2 Å². The molecular formula is C17H16INO3. The molecule has 1 heterocycles. The molecule has 0 fully saturated rings. The number of hydrogen-bond acceptors (Lipinski definition) is 3. The summed E-state index contributed by atoms with van der Waals surface area (Å²) >= 11 is 2.22. The molecule has 1 aliphatic rings. The lowest BCUT2D eigenvalue weighted by atomic mass is 10.1. The first kappa shape index (κ1) is 15.1. The number of benzene rings is 2. The van der Waals surface area contributed by atoms with Gasteiger partial charge in [0.2, 0.25) is 0 Å². The minimum Gasteiger partial charge on any atom is -0.486 e. The van der Waals surface area contributed by atoms with Gasteiger partial charge in [0.1, 0.15) is 13.2 Å². The Labute approximate surface area is 143 Å². The van der Waals surface area contributed by atoms with Crippen LogP contribution in [0.5, 0.6) is 11.5 Å². The van der Waals surface area contributed by atoms with Crippen LogP contribution < -0.4 is 14.8 Å². The molecule has 0 radical (unpaired) electrons. The quantitative estimate of drug-likeness (QED) is 0.789. The second kappa shape index (κ2) is 6.56. The van der Waals surface area contributed by atoms with Gasteiger partial charge in [0.15, 0.2) is 11.5 Å². The Morgan fingerprint density at radius 3 is 2.50 bits per heavy atom. The van der Waals surface area contributed by atoms with Crippen LogP contribution in [0.3, 0.4) is 0 Å². The van der Waals surface area contributed by atoms with Gasteiger partial charge in [-0.1, -0.05) is 6.07 Å². The zero-order valence-corrected chi connectivity index (χ0v) is 14.3. The van der Waals surface area contributed by atoms with E-state index in [0.717, 1.165) is 20.6 Å². The summed E-state index contributed by atoms with van der Waals surface area (Å²) in [6.07, 6.45) is 0. The number of nitrogens with one attached hydrogen (secondary N) is 1. The lowest BCUT2D eigenvalue weighted by Crippen LogP contribution is -2.26. The van der Waals surface area contributed by atoms with Crippen molar-refractivity contribution in [2.24, 2.45) is 0 Å². The molecule has 1 amide bonds. The second-order valence-electron chi connectivity index (χ2n) is 5.11. The predicted octanol–water partition coefficient (Wildman–Crippen LogP) is 3.55. The standard InChI is InChI=1S/C17H16INO3/c1-11(19-17(20)12-2-5-14(18)6-3-12)13-4-7-15-16(10-13)22-9-8-21-15/h2-7,10-11H,8-9H2,1H3,(H,19,20)/t11-/m0/s1. The van der Waals surface area contributed by atoms with Crippen LogP contribution in [0, 0.1) is 3.57 Å². The maximum Gasteiger partial charge on any atom is 0.251 e. The van der Waals surface area contributed by atoms with Crippen molar-refractivity contribution in [1.82, 2.24) is 5.32 Å². The Kier molecular flexibility index (Phi) is 4.52. The van der Waals surface area contributed by atoms with Crippen LogP contribution in [0.2, 0.25) is 0 Å². The zero-order valence-electron chi connectivity index (χ0n) is 12.1. The number of amides is 1. The van der Waals surface area contributed by atoms with Gasteiger partial charge in [-0.3, -0.25) is 4.79 Å². The van der Waals surface area contributed by atoms with Crippen LogP contribution in [0.1, 0.15) is 28.9 Å². The van der Waals surface area contributed by atoms with Gasteiger partial charge in [-0.2, -0.15) is 0 Å². The van der Waals surface area contributed by atoms with Crippen molar-refractivity contribution in [1.29, 1.82) is 0 Å². The summed E-state index contributed by atoms with van der Waals surface area (Å²) in [5.74, 6) is 1.41. The fourth-order valence-corrected chi connectivity index (χ4v) is 2.65. The molecule has 0 spiro atoms. The summed E-state index contributed by atoms with van der Waals surface area (Å²) in [4.78, 5) is 12.3. The fourth-order valence-electron chi connectivity index (χ4n) is 2.29. The third-order valence-electron chi connectivity index (χ3n) is 3.52. The molecule has 2 aromatic carbocycles. The Hall–Kier alpha value is -1.76. The summed E-state index contributed by atoms with van der Waals surface area (Å²) < 4.78 is 12.2. The first-order chi connectivity index (χ1) is 10.6. The highest BCUT2D eigenvalue weighted by Gasteiger charge is 2.16. The van der Waals surface area contributed by atoms with E-state index < -0.39 is 0 Å². The van der Waals surface area contributed by atoms with Crippen molar-refractivity contribution in [3.05, 3.63) is 57.2 Å². The molecule has 1 N–H and O–H groups in total. The van der Waals surface area contributed by atoms with Crippen molar-refractivity contribution in [3.63, 3.8) is 0 Å². The number of rotatable bonds is 3. The van der Waals surface area contributed by atoms with Gasteiger partial charge in [-0.05, 0) is 71.5 Å². The first-order valence-corrected chi connectivity index (χ1v) is 8.17. The van der Waals surface area contributed by atoms with Crippen molar-refractivity contribution < 1.29 is 14.3 Å². The lowest BCUT2D eigenvalue weighted by Gasteiger charge is -2.21. The molecule has 0 bridgehead atoms.